The Labute approximate surface area is 191 Å². The lowest BCUT2D eigenvalue weighted by molar-refractivity contribution is 0.0150. The molecule has 6 nitrogen and oxygen atoms in total. The van der Waals surface area contributed by atoms with Crippen LogP contribution >= 0.6 is 34.7 Å². The minimum Gasteiger partial charge on any atom is -0.444 e. The summed E-state index contributed by atoms with van der Waals surface area (Å²) in [6.45, 7) is 10.6. The van der Waals surface area contributed by atoms with Crippen LogP contribution in [0.5, 0.6) is 0 Å². The molecule has 0 aliphatic carbocycles. The number of hydrogen-bond acceptors (Lipinski definition) is 7. The maximum atomic E-state index is 12.2. The van der Waals surface area contributed by atoms with Crippen LogP contribution in [0.1, 0.15) is 25.6 Å². The van der Waals surface area contributed by atoms with Gasteiger partial charge in [0.15, 0.2) is 4.47 Å². The third-order valence-corrected chi connectivity index (χ3v) is 6.72. The molecule has 1 saturated heterocycles. The Morgan fingerprint density at radius 3 is 2.67 bits per heavy atom. The Morgan fingerprint density at radius 2 is 2.00 bits per heavy atom. The maximum Gasteiger partial charge on any atom is 0.410 e. The number of halogens is 1. The number of nitrogens with one attached hydrogen (secondary N) is 1. The Bertz CT molecular complexity index is 832. The van der Waals surface area contributed by atoms with E-state index in [0.29, 0.717) is 11.0 Å². The molecule has 0 atom stereocenters. The van der Waals surface area contributed by atoms with E-state index in [2.05, 4.69) is 33.4 Å². The molecule has 1 aliphatic heterocycles. The Balaban J connectivity index is 1.41. The van der Waals surface area contributed by atoms with E-state index < -0.39 is 5.60 Å². The number of nitrogens with zero attached hydrogens (tertiary/aromatic N) is 3. The van der Waals surface area contributed by atoms with Gasteiger partial charge in [0.2, 0.25) is 0 Å². The fourth-order valence-corrected chi connectivity index (χ4v) is 5.01. The molecule has 0 saturated carbocycles. The Hall–Kier alpha value is -1.48. The third kappa shape index (κ3) is 7.34. The Kier molecular flexibility index (Phi) is 8.27. The number of carbonyl (C=O) groups excluding carboxylic acids is 1. The van der Waals surface area contributed by atoms with Crippen LogP contribution in [0.3, 0.4) is 0 Å². The van der Waals surface area contributed by atoms with Crippen molar-refractivity contribution in [3.8, 4) is 0 Å². The number of ether oxygens (including phenoxy) is 1. The molecular weight excluding hydrogens is 440 g/mol. The van der Waals surface area contributed by atoms with E-state index >= 15 is 0 Å². The maximum absolute atomic E-state index is 12.2. The van der Waals surface area contributed by atoms with Gasteiger partial charge in [0.05, 0.1) is 6.54 Å². The largest absolute Gasteiger partial charge is 0.444 e. The highest BCUT2D eigenvalue weighted by molar-refractivity contribution is 7.99. The summed E-state index contributed by atoms with van der Waals surface area (Å²) in [6.07, 6.45) is 1.60. The van der Waals surface area contributed by atoms with Crippen LogP contribution in [-0.4, -0.2) is 65.0 Å². The number of thiazole rings is 1. The topological polar surface area (TPSA) is 57.7 Å². The molecule has 164 valence electrons. The molecule has 0 spiro atoms. The molecule has 30 heavy (non-hydrogen) atoms. The number of para-hydroxylation sites is 1. The lowest BCUT2D eigenvalue weighted by atomic mass is 10.2. The summed E-state index contributed by atoms with van der Waals surface area (Å²) in [5.74, 6) is 0.998. The predicted octanol–water partition coefficient (Wildman–Crippen LogP) is 5.05. The van der Waals surface area contributed by atoms with Crippen molar-refractivity contribution in [2.24, 2.45) is 0 Å². The SMILES string of the molecule is CC(C)(C)OC(=O)N1CCN(CCSc2ccccc2NCc2cnc(Cl)s2)CC1. The van der Waals surface area contributed by atoms with Crippen LogP contribution in [0.4, 0.5) is 10.5 Å². The average molecular weight is 469 g/mol. The van der Waals surface area contributed by atoms with E-state index in [1.807, 2.05) is 44.8 Å². The van der Waals surface area contributed by atoms with Crippen molar-refractivity contribution in [3.05, 3.63) is 39.8 Å². The van der Waals surface area contributed by atoms with E-state index in [4.69, 9.17) is 16.3 Å². The molecule has 1 aromatic carbocycles. The van der Waals surface area contributed by atoms with Crippen molar-refractivity contribution >= 4 is 46.5 Å². The van der Waals surface area contributed by atoms with Gasteiger partial charge in [0.25, 0.3) is 0 Å². The van der Waals surface area contributed by atoms with Gasteiger partial charge >= 0.3 is 6.09 Å². The summed E-state index contributed by atoms with van der Waals surface area (Å²) in [5, 5.41) is 3.49. The number of carbonyl (C=O) groups is 1. The smallest absolute Gasteiger partial charge is 0.410 e. The van der Waals surface area contributed by atoms with Crippen LogP contribution in [0, 0.1) is 0 Å². The number of rotatable bonds is 7. The molecule has 2 heterocycles. The number of benzene rings is 1. The van der Waals surface area contributed by atoms with E-state index in [9.17, 15) is 4.79 Å². The van der Waals surface area contributed by atoms with Crippen LogP contribution in [0.15, 0.2) is 35.4 Å². The van der Waals surface area contributed by atoms with Crippen LogP contribution in [0.25, 0.3) is 0 Å². The van der Waals surface area contributed by atoms with Crippen molar-refractivity contribution in [2.45, 2.75) is 37.8 Å². The quantitative estimate of drug-likeness (QED) is 0.573. The number of hydrogen-bond donors (Lipinski definition) is 1. The number of piperazine rings is 1. The van der Waals surface area contributed by atoms with Gasteiger partial charge in [-0.3, -0.25) is 4.90 Å². The summed E-state index contributed by atoms with van der Waals surface area (Å²) in [5.41, 5.74) is 0.681. The predicted molar refractivity (Wildman–Crippen MR) is 126 cm³/mol. The highest BCUT2D eigenvalue weighted by atomic mass is 35.5. The molecule has 1 aliphatic rings. The fourth-order valence-electron chi connectivity index (χ4n) is 3.05. The number of amides is 1. The van der Waals surface area contributed by atoms with Gasteiger partial charge in [-0.15, -0.1) is 23.1 Å². The van der Waals surface area contributed by atoms with Gasteiger partial charge in [-0.25, -0.2) is 9.78 Å². The first-order chi connectivity index (χ1) is 14.3. The van der Waals surface area contributed by atoms with Crippen molar-refractivity contribution in [2.75, 3.05) is 43.8 Å². The molecule has 1 amide bonds. The summed E-state index contributed by atoms with van der Waals surface area (Å²) < 4.78 is 6.04. The molecule has 0 unspecified atom stereocenters. The van der Waals surface area contributed by atoms with Gasteiger partial charge in [0.1, 0.15) is 5.60 Å². The number of thioether (sulfide) groups is 1. The molecule has 1 N–H and O–H groups in total. The highest BCUT2D eigenvalue weighted by Crippen LogP contribution is 2.28. The highest BCUT2D eigenvalue weighted by Gasteiger charge is 2.25. The molecule has 0 radical (unpaired) electrons. The van der Waals surface area contributed by atoms with Gasteiger partial charge in [-0.1, -0.05) is 23.7 Å². The van der Waals surface area contributed by atoms with Crippen molar-refractivity contribution in [1.29, 1.82) is 0 Å². The van der Waals surface area contributed by atoms with E-state index in [1.54, 1.807) is 4.90 Å². The summed E-state index contributed by atoms with van der Waals surface area (Å²) in [4.78, 5) is 22.8. The molecular formula is C21H29ClN4O2S2. The Morgan fingerprint density at radius 1 is 1.27 bits per heavy atom. The zero-order valence-electron chi connectivity index (χ0n) is 17.7. The minimum absolute atomic E-state index is 0.209. The first-order valence-corrected chi connectivity index (χ1v) is 12.2. The van der Waals surface area contributed by atoms with Gasteiger partial charge < -0.3 is 15.0 Å². The lowest BCUT2D eigenvalue weighted by Gasteiger charge is -2.35. The standard InChI is InChI=1S/C21H29ClN4O2S2/c1-21(2,3)28-20(27)26-10-8-25(9-11-26)12-13-29-18-7-5-4-6-17(18)23-14-16-15-24-19(22)30-16/h4-7,15,23H,8-14H2,1-3H3. The lowest BCUT2D eigenvalue weighted by Crippen LogP contribution is -2.50. The molecule has 9 heteroatoms. The van der Waals surface area contributed by atoms with E-state index in [1.165, 1.54) is 16.2 Å². The molecule has 1 aromatic heterocycles. The van der Waals surface area contributed by atoms with Crippen molar-refractivity contribution < 1.29 is 9.53 Å². The number of anilines is 1. The average Bonchev–Trinajstić information content (AvgIpc) is 3.11. The third-order valence-electron chi connectivity index (χ3n) is 4.55. The zero-order valence-corrected chi connectivity index (χ0v) is 20.1. The molecule has 3 rings (SSSR count). The van der Waals surface area contributed by atoms with E-state index in [0.717, 1.165) is 49.0 Å². The van der Waals surface area contributed by atoms with Crippen LogP contribution in [0.2, 0.25) is 4.47 Å². The van der Waals surface area contributed by atoms with Crippen molar-refractivity contribution in [3.63, 3.8) is 0 Å². The second kappa shape index (κ2) is 10.7. The first-order valence-electron chi connectivity index (χ1n) is 10.1. The zero-order chi connectivity index (χ0) is 21.6. The fraction of sp³-hybridized carbons (Fsp3) is 0.524. The normalized spacial score (nSPS) is 15.3. The van der Waals surface area contributed by atoms with Gasteiger partial charge in [0, 0.05) is 60.1 Å². The second-order valence-electron chi connectivity index (χ2n) is 8.09. The molecule has 0 bridgehead atoms. The number of aromatic nitrogens is 1. The molecule has 2 aromatic rings. The van der Waals surface area contributed by atoms with Gasteiger partial charge in [-0.2, -0.15) is 0 Å². The second-order valence-corrected chi connectivity index (χ2v) is 10.9. The van der Waals surface area contributed by atoms with E-state index in [-0.39, 0.29) is 6.09 Å². The summed E-state index contributed by atoms with van der Waals surface area (Å²) in [6, 6.07) is 8.36. The summed E-state index contributed by atoms with van der Waals surface area (Å²) >= 11 is 9.26. The molecule has 1 fully saturated rings. The summed E-state index contributed by atoms with van der Waals surface area (Å²) in [7, 11) is 0. The van der Waals surface area contributed by atoms with Crippen LogP contribution in [-0.2, 0) is 11.3 Å². The van der Waals surface area contributed by atoms with Crippen LogP contribution < -0.4 is 5.32 Å². The minimum atomic E-state index is -0.446. The van der Waals surface area contributed by atoms with Crippen molar-refractivity contribution in [1.82, 2.24) is 14.8 Å². The first kappa shape index (κ1) is 23.2. The monoisotopic (exact) mass is 468 g/mol. The van der Waals surface area contributed by atoms with Gasteiger partial charge in [-0.05, 0) is 32.9 Å².